The Morgan fingerprint density at radius 1 is 1.22 bits per heavy atom. The van der Waals surface area contributed by atoms with Crippen LogP contribution in [0.3, 0.4) is 0 Å². The maximum Gasteiger partial charge on any atom is 0.309 e. The van der Waals surface area contributed by atoms with Crippen LogP contribution in [0.2, 0.25) is 0 Å². The van der Waals surface area contributed by atoms with Gasteiger partial charge < -0.3 is 14.8 Å². The molecule has 1 saturated heterocycles. The maximum absolute atomic E-state index is 12.9. The summed E-state index contributed by atoms with van der Waals surface area (Å²) in [5.74, 6) is 2.65. The van der Waals surface area contributed by atoms with Gasteiger partial charge in [-0.1, -0.05) is 6.42 Å². The number of nitrogens with zero attached hydrogens (tertiary/aromatic N) is 1. The second-order valence-corrected chi connectivity index (χ2v) is 11.6. The van der Waals surface area contributed by atoms with Gasteiger partial charge in [0.05, 0.1) is 27.7 Å². The fourth-order valence-electron chi connectivity index (χ4n) is 5.27. The number of carbonyl (C=O) groups excluding carboxylic acids is 2. The minimum absolute atomic E-state index is 0.166. The molecule has 1 aromatic rings. The topological polar surface area (TPSA) is 108 Å². The summed E-state index contributed by atoms with van der Waals surface area (Å²) in [6.45, 7) is 1.52. The number of amides is 1. The van der Waals surface area contributed by atoms with Gasteiger partial charge in [0, 0.05) is 23.6 Å². The number of nitro benzene ring substituents is 1. The molecule has 3 atom stereocenters. The van der Waals surface area contributed by atoms with Crippen LogP contribution in [0.5, 0.6) is 5.75 Å². The summed E-state index contributed by atoms with van der Waals surface area (Å²) in [6.07, 6.45) is 4.16. The largest absolute Gasteiger partial charge is 0.495 e. The summed E-state index contributed by atoms with van der Waals surface area (Å²) in [5, 5.41) is 13.6. The monoisotopic (exact) mass is 480 g/mol. The lowest BCUT2D eigenvalue weighted by atomic mass is 9.67. The van der Waals surface area contributed by atoms with E-state index in [0.29, 0.717) is 17.6 Å². The number of hydrogen-bond acceptors (Lipinski definition) is 8. The quantitative estimate of drug-likeness (QED) is 0.361. The number of nitro groups is 1. The first kappa shape index (κ1) is 23.2. The molecule has 3 unspecified atom stereocenters. The molecule has 1 spiro atoms. The van der Waals surface area contributed by atoms with Gasteiger partial charge in [0.25, 0.3) is 11.6 Å². The van der Waals surface area contributed by atoms with E-state index in [1.165, 1.54) is 50.2 Å². The fourth-order valence-corrected chi connectivity index (χ4v) is 9.20. The van der Waals surface area contributed by atoms with Crippen LogP contribution in [-0.2, 0) is 14.3 Å². The Morgan fingerprint density at radius 2 is 1.88 bits per heavy atom. The molecule has 4 rings (SSSR count). The number of methoxy groups -OCH3 is 1. The van der Waals surface area contributed by atoms with E-state index in [1.54, 1.807) is 0 Å². The third kappa shape index (κ3) is 4.44. The van der Waals surface area contributed by atoms with Crippen molar-refractivity contribution in [1.82, 2.24) is 0 Å². The lowest BCUT2D eigenvalue weighted by Crippen LogP contribution is -2.48. The molecule has 1 N–H and O–H groups in total. The number of carbonyl (C=O) groups is 2. The highest BCUT2D eigenvalue weighted by Gasteiger charge is 2.55. The minimum Gasteiger partial charge on any atom is -0.495 e. The predicted molar refractivity (Wildman–Crippen MR) is 125 cm³/mol. The zero-order valence-corrected chi connectivity index (χ0v) is 19.8. The molecule has 1 heterocycles. The Labute approximate surface area is 195 Å². The normalized spacial score (nSPS) is 26.9. The minimum atomic E-state index is -1.02. The SMILES string of the molecule is COc1ccc([N+](=O)[O-])cc1NC(=O)C(C)OC(=O)C1CC2CCCC(C1)C21SCCS1. The number of anilines is 1. The van der Waals surface area contributed by atoms with Crippen LogP contribution < -0.4 is 10.1 Å². The molecule has 32 heavy (non-hydrogen) atoms. The highest BCUT2D eigenvalue weighted by atomic mass is 32.2. The molecule has 0 aromatic heterocycles. The Hall–Kier alpha value is -1.94. The van der Waals surface area contributed by atoms with Crippen molar-refractivity contribution in [2.45, 2.75) is 49.2 Å². The first-order valence-corrected chi connectivity index (χ1v) is 12.9. The Morgan fingerprint density at radius 3 is 2.47 bits per heavy atom. The van der Waals surface area contributed by atoms with Crippen molar-refractivity contribution in [2.24, 2.45) is 17.8 Å². The van der Waals surface area contributed by atoms with E-state index in [2.05, 4.69) is 28.8 Å². The van der Waals surface area contributed by atoms with Crippen LogP contribution in [0.1, 0.15) is 39.0 Å². The van der Waals surface area contributed by atoms with Gasteiger partial charge in [-0.05, 0) is 50.5 Å². The van der Waals surface area contributed by atoms with E-state index in [-0.39, 0.29) is 27.3 Å². The lowest BCUT2D eigenvalue weighted by molar-refractivity contribution is -0.384. The lowest BCUT2D eigenvalue weighted by Gasteiger charge is -2.51. The third-order valence-corrected chi connectivity index (χ3v) is 10.8. The van der Waals surface area contributed by atoms with Crippen LogP contribution in [0.4, 0.5) is 11.4 Å². The molecule has 0 radical (unpaired) electrons. The van der Waals surface area contributed by atoms with Gasteiger partial charge in [0.1, 0.15) is 5.75 Å². The molecule has 2 saturated carbocycles. The van der Waals surface area contributed by atoms with Crippen molar-refractivity contribution in [2.75, 3.05) is 23.9 Å². The van der Waals surface area contributed by atoms with E-state index in [1.807, 2.05) is 0 Å². The Bertz CT molecular complexity index is 888. The fraction of sp³-hybridized carbons (Fsp3) is 0.636. The van der Waals surface area contributed by atoms with Crippen molar-refractivity contribution in [3.63, 3.8) is 0 Å². The molecule has 8 nitrogen and oxygen atoms in total. The number of rotatable bonds is 6. The summed E-state index contributed by atoms with van der Waals surface area (Å²) in [5.41, 5.74) is -0.00454. The molecule has 1 aromatic carbocycles. The first-order chi connectivity index (χ1) is 15.3. The van der Waals surface area contributed by atoms with Crippen LogP contribution in [0, 0.1) is 27.9 Å². The van der Waals surface area contributed by atoms with Gasteiger partial charge in [-0.25, -0.2) is 0 Å². The maximum atomic E-state index is 12.9. The molecule has 10 heteroatoms. The smallest absolute Gasteiger partial charge is 0.309 e. The summed E-state index contributed by atoms with van der Waals surface area (Å²) < 4.78 is 11.0. The summed E-state index contributed by atoms with van der Waals surface area (Å²) in [7, 11) is 1.41. The van der Waals surface area contributed by atoms with Crippen LogP contribution in [0.15, 0.2) is 18.2 Å². The number of benzene rings is 1. The average Bonchev–Trinajstić information content (AvgIpc) is 3.22. The molecule has 3 aliphatic rings. The summed E-state index contributed by atoms with van der Waals surface area (Å²) >= 11 is 4.17. The second-order valence-electron chi connectivity index (χ2n) is 8.62. The zero-order chi connectivity index (χ0) is 22.9. The van der Waals surface area contributed by atoms with E-state index < -0.39 is 16.9 Å². The van der Waals surface area contributed by atoms with E-state index in [9.17, 15) is 19.7 Å². The first-order valence-electron chi connectivity index (χ1n) is 11.0. The van der Waals surface area contributed by atoms with Crippen LogP contribution >= 0.6 is 23.5 Å². The van der Waals surface area contributed by atoms with E-state index >= 15 is 0 Å². The Balaban J connectivity index is 1.38. The highest BCUT2D eigenvalue weighted by molar-refractivity contribution is 8.21. The molecular weight excluding hydrogens is 452 g/mol. The molecule has 1 amide bonds. The van der Waals surface area contributed by atoms with Crippen LogP contribution in [-0.4, -0.2) is 45.6 Å². The molecule has 2 bridgehead atoms. The van der Waals surface area contributed by atoms with Gasteiger partial charge in [0.2, 0.25) is 0 Å². The molecular formula is C22H28N2O6S2. The molecule has 174 valence electrons. The van der Waals surface area contributed by atoms with Gasteiger partial charge in [-0.15, -0.1) is 23.5 Å². The van der Waals surface area contributed by atoms with Crippen LogP contribution in [0.25, 0.3) is 0 Å². The van der Waals surface area contributed by atoms with Gasteiger partial charge in [-0.2, -0.15) is 0 Å². The van der Waals surface area contributed by atoms with Crippen molar-refractivity contribution in [3.05, 3.63) is 28.3 Å². The highest BCUT2D eigenvalue weighted by Crippen LogP contribution is 2.64. The van der Waals surface area contributed by atoms with Gasteiger partial charge >= 0.3 is 5.97 Å². The number of thioether (sulfide) groups is 2. The van der Waals surface area contributed by atoms with E-state index in [4.69, 9.17) is 9.47 Å². The third-order valence-electron chi connectivity index (χ3n) is 6.77. The van der Waals surface area contributed by atoms with E-state index in [0.717, 1.165) is 25.7 Å². The number of non-ortho nitro benzene ring substituents is 1. The molecule has 1 aliphatic heterocycles. The van der Waals surface area contributed by atoms with Crippen molar-refractivity contribution in [3.8, 4) is 5.75 Å². The summed E-state index contributed by atoms with van der Waals surface area (Å²) in [4.78, 5) is 36.1. The van der Waals surface area contributed by atoms with Crippen molar-refractivity contribution < 1.29 is 24.0 Å². The number of ether oxygens (including phenoxy) is 2. The molecule has 2 aliphatic carbocycles. The standard InChI is InChI=1S/C22H28N2O6S2/c1-13(20(25)23-18-12-17(24(27)28)6-7-19(18)29-2)30-21(26)14-10-15-4-3-5-16(11-14)22(15)31-8-9-32-22/h6-7,12-16H,3-5,8-11H2,1-2H3,(H,23,25). The number of esters is 1. The van der Waals surface area contributed by atoms with Gasteiger partial charge in [0.15, 0.2) is 6.10 Å². The van der Waals surface area contributed by atoms with Crippen molar-refractivity contribution >= 4 is 46.8 Å². The van der Waals surface area contributed by atoms with Crippen molar-refractivity contribution in [1.29, 1.82) is 0 Å². The second kappa shape index (κ2) is 9.51. The molecule has 3 fully saturated rings. The predicted octanol–water partition coefficient (Wildman–Crippen LogP) is 4.48. The van der Waals surface area contributed by atoms with Gasteiger partial charge in [-0.3, -0.25) is 19.7 Å². The zero-order valence-electron chi connectivity index (χ0n) is 18.2. The average molecular weight is 481 g/mol. The number of hydrogen-bond donors (Lipinski definition) is 1. The number of nitrogens with one attached hydrogen (secondary N) is 1. The Kier molecular flexibility index (Phi) is 6.90. The summed E-state index contributed by atoms with van der Waals surface area (Å²) in [6, 6.07) is 3.94.